The van der Waals surface area contributed by atoms with E-state index in [2.05, 4.69) is 10.6 Å². The van der Waals surface area contributed by atoms with E-state index in [9.17, 15) is 14.4 Å². The first kappa shape index (κ1) is 15.6. The van der Waals surface area contributed by atoms with E-state index in [1.165, 1.54) is 11.3 Å². The molecule has 3 amide bonds. The van der Waals surface area contributed by atoms with E-state index in [1.54, 1.807) is 0 Å². The number of hydrogen-bond acceptors (Lipinski definition) is 3. The Morgan fingerprint density at radius 2 is 1.71 bits per heavy atom. The van der Waals surface area contributed by atoms with Crippen LogP contribution in [0.25, 0.3) is 0 Å². The van der Waals surface area contributed by atoms with Gasteiger partial charge in [-0.2, -0.15) is 0 Å². The summed E-state index contributed by atoms with van der Waals surface area (Å²) < 4.78 is 0. The van der Waals surface area contributed by atoms with Gasteiger partial charge in [-0.25, -0.2) is 4.79 Å². The molecule has 0 unspecified atom stereocenters. The van der Waals surface area contributed by atoms with Crippen LogP contribution in [0.4, 0.5) is 4.79 Å². The molecule has 0 radical (unpaired) electrons. The Kier molecular flexibility index (Phi) is 5.41. The third-order valence-corrected chi connectivity index (χ3v) is 3.95. The number of nitrogens with zero attached hydrogens (tertiary/aromatic N) is 1. The fourth-order valence-electron chi connectivity index (χ4n) is 2.69. The molecule has 0 heterocycles. The van der Waals surface area contributed by atoms with Crippen LogP contribution < -0.4 is 10.6 Å². The number of carbonyl (C=O) groups excluding carboxylic acids is 2. The number of rotatable bonds is 6. The molecule has 0 spiro atoms. The average molecular weight is 297 g/mol. The van der Waals surface area contributed by atoms with Crippen LogP contribution in [0.1, 0.15) is 44.9 Å². The fraction of sp³-hybridized carbons (Fsp3) is 0.786. The minimum atomic E-state index is -1.03. The molecule has 2 aliphatic rings. The summed E-state index contributed by atoms with van der Waals surface area (Å²) >= 11 is 0. The van der Waals surface area contributed by atoms with Crippen LogP contribution in [0, 0.1) is 0 Å². The van der Waals surface area contributed by atoms with Crippen molar-refractivity contribution in [3.8, 4) is 0 Å². The van der Waals surface area contributed by atoms with E-state index in [0.717, 1.165) is 38.5 Å². The maximum Gasteiger partial charge on any atom is 0.323 e. The predicted octanol–water partition coefficient (Wildman–Crippen LogP) is 0.694. The van der Waals surface area contributed by atoms with Crippen molar-refractivity contribution < 1.29 is 19.5 Å². The van der Waals surface area contributed by atoms with Gasteiger partial charge in [0, 0.05) is 12.1 Å². The van der Waals surface area contributed by atoms with Gasteiger partial charge in [-0.15, -0.1) is 0 Å². The molecule has 0 aliphatic heterocycles. The van der Waals surface area contributed by atoms with Crippen LogP contribution in [0.3, 0.4) is 0 Å². The lowest BCUT2D eigenvalue weighted by Gasteiger charge is -2.24. The van der Waals surface area contributed by atoms with Crippen LogP contribution in [-0.2, 0) is 9.59 Å². The second-order valence-electron chi connectivity index (χ2n) is 5.81. The number of aliphatic carboxylic acids is 1. The van der Waals surface area contributed by atoms with Gasteiger partial charge >= 0.3 is 12.0 Å². The minimum Gasteiger partial charge on any atom is -0.480 e. The predicted molar refractivity (Wildman–Crippen MR) is 75.8 cm³/mol. The normalized spacial score (nSPS) is 18.9. The standard InChI is InChI=1S/C14H23N3O4/c18-12(17(9-13(19)20)11-6-7-11)8-15-14(21)16-10-4-2-1-3-5-10/h10-11H,1-9H2,(H,19,20)(H2,15,16,21). The molecule has 2 fully saturated rings. The van der Waals surface area contributed by atoms with E-state index in [4.69, 9.17) is 5.11 Å². The molecule has 0 atom stereocenters. The highest BCUT2D eigenvalue weighted by atomic mass is 16.4. The number of carbonyl (C=O) groups is 3. The summed E-state index contributed by atoms with van der Waals surface area (Å²) in [5, 5.41) is 14.2. The Morgan fingerprint density at radius 1 is 1.05 bits per heavy atom. The molecule has 0 aromatic rings. The van der Waals surface area contributed by atoms with Gasteiger partial charge in [0.1, 0.15) is 6.54 Å². The van der Waals surface area contributed by atoms with Crippen LogP contribution in [0.5, 0.6) is 0 Å². The molecule has 7 heteroatoms. The van der Waals surface area contributed by atoms with Crippen molar-refractivity contribution >= 4 is 17.9 Å². The monoisotopic (exact) mass is 297 g/mol. The van der Waals surface area contributed by atoms with Gasteiger partial charge < -0.3 is 20.6 Å². The minimum absolute atomic E-state index is 0.0248. The highest BCUT2D eigenvalue weighted by Gasteiger charge is 2.33. The first-order valence-electron chi connectivity index (χ1n) is 7.62. The molecule has 0 aromatic carbocycles. The SMILES string of the molecule is O=C(O)CN(C(=O)CNC(=O)NC1CCCCC1)C1CC1. The largest absolute Gasteiger partial charge is 0.480 e. The summed E-state index contributed by atoms with van der Waals surface area (Å²) in [6, 6.07) is -0.134. The van der Waals surface area contributed by atoms with Crippen LogP contribution in [-0.4, -0.2) is 53.1 Å². The Morgan fingerprint density at radius 3 is 2.29 bits per heavy atom. The Hall–Kier alpha value is -1.79. The van der Waals surface area contributed by atoms with Crippen molar-refractivity contribution in [3.63, 3.8) is 0 Å². The zero-order chi connectivity index (χ0) is 15.2. The Bertz CT molecular complexity index is 403. The fourth-order valence-corrected chi connectivity index (χ4v) is 2.69. The summed E-state index contributed by atoms with van der Waals surface area (Å²) in [4.78, 5) is 35.8. The van der Waals surface area contributed by atoms with Gasteiger partial charge in [-0.1, -0.05) is 19.3 Å². The number of nitrogens with one attached hydrogen (secondary N) is 2. The number of amides is 3. The summed E-state index contributed by atoms with van der Waals surface area (Å²) in [7, 11) is 0. The van der Waals surface area contributed by atoms with Gasteiger partial charge in [0.2, 0.25) is 5.91 Å². The number of carboxylic acid groups (broad SMARTS) is 1. The smallest absolute Gasteiger partial charge is 0.323 e. The van der Waals surface area contributed by atoms with Gasteiger partial charge in [0.25, 0.3) is 0 Å². The second kappa shape index (κ2) is 7.28. The molecule has 118 valence electrons. The third kappa shape index (κ3) is 5.24. The molecule has 7 nitrogen and oxygen atoms in total. The van der Waals surface area contributed by atoms with E-state index < -0.39 is 5.97 Å². The van der Waals surface area contributed by atoms with Crippen molar-refractivity contribution in [2.24, 2.45) is 0 Å². The van der Waals surface area contributed by atoms with Gasteiger partial charge in [0.15, 0.2) is 0 Å². The molecular weight excluding hydrogens is 274 g/mol. The van der Waals surface area contributed by atoms with Gasteiger partial charge in [-0.3, -0.25) is 9.59 Å². The van der Waals surface area contributed by atoms with Crippen molar-refractivity contribution in [2.75, 3.05) is 13.1 Å². The van der Waals surface area contributed by atoms with E-state index in [1.807, 2.05) is 0 Å². The maximum absolute atomic E-state index is 12.0. The lowest BCUT2D eigenvalue weighted by molar-refractivity contribution is -0.144. The van der Waals surface area contributed by atoms with Gasteiger partial charge in [0.05, 0.1) is 6.54 Å². The summed E-state index contributed by atoms with van der Waals surface area (Å²) in [5.74, 6) is -1.36. The van der Waals surface area contributed by atoms with Crippen LogP contribution in [0.2, 0.25) is 0 Å². The first-order valence-corrected chi connectivity index (χ1v) is 7.62. The number of carboxylic acids is 1. The zero-order valence-electron chi connectivity index (χ0n) is 12.1. The van der Waals surface area contributed by atoms with Crippen molar-refractivity contribution in [2.45, 2.75) is 57.0 Å². The van der Waals surface area contributed by atoms with Crippen molar-refractivity contribution in [3.05, 3.63) is 0 Å². The van der Waals surface area contributed by atoms with E-state index >= 15 is 0 Å². The van der Waals surface area contributed by atoms with Crippen molar-refractivity contribution in [1.82, 2.24) is 15.5 Å². The number of hydrogen-bond donors (Lipinski definition) is 3. The van der Waals surface area contributed by atoms with Gasteiger partial charge in [-0.05, 0) is 25.7 Å². The van der Waals surface area contributed by atoms with E-state index in [0.29, 0.717) is 0 Å². The molecule has 2 rings (SSSR count). The lowest BCUT2D eigenvalue weighted by atomic mass is 9.96. The Balaban J connectivity index is 1.71. The summed E-state index contributed by atoms with van der Waals surface area (Å²) in [5.41, 5.74) is 0. The molecule has 2 saturated carbocycles. The van der Waals surface area contributed by atoms with Crippen molar-refractivity contribution in [1.29, 1.82) is 0 Å². The Labute approximate surface area is 124 Å². The molecule has 21 heavy (non-hydrogen) atoms. The zero-order valence-corrected chi connectivity index (χ0v) is 12.1. The molecule has 0 aromatic heterocycles. The molecule has 0 saturated heterocycles. The molecule has 3 N–H and O–H groups in total. The van der Waals surface area contributed by atoms with Crippen LogP contribution >= 0.6 is 0 Å². The van der Waals surface area contributed by atoms with E-state index in [-0.39, 0.29) is 37.1 Å². The maximum atomic E-state index is 12.0. The lowest BCUT2D eigenvalue weighted by Crippen LogP contribution is -2.48. The average Bonchev–Trinajstić information content (AvgIpc) is 3.27. The first-order chi connectivity index (χ1) is 10.1. The number of urea groups is 1. The summed E-state index contributed by atoms with van der Waals surface area (Å²) in [6.45, 7) is -0.447. The quantitative estimate of drug-likeness (QED) is 0.672. The topological polar surface area (TPSA) is 98.7 Å². The second-order valence-corrected chi connectivity index (χ2v) is 5.81. The third-order valence-electron chi connectivity index (χ3n) is 3.95. The molecule has 2 aliphatic carbocycles. The highest BCUT2D eigenvalue weighted by molar-refractivity contribution is 5.86. The van der Waals surface area contributed by atoms with Crippen LogP contribution in [0.15, 0.2) is 0 Å². The summed E-state index contributed by atoms with van der Waals surface area (Å²) in [6.07, 6.45) is 7.10. The molecule has 0 bridgehead atoms. The molecular formula is C14H23N3O4. The highest BCUT2D eigenvalue weighted by Crippen LogP contribution is 2.26.